The molecule has 5 N–H and O–H groups in total. The van der Waals surface area contributed by atoms with Gasteiger partial charge >= 0.3 is 6.03 Å². The van der Waals surface area contributed by atoms with Crippen LogP contribution in [0.3, 0.4) is 0 Å². The van der Waals surface area contributed by atoms with Gasteiger partial charge in [0, 0.05) is 81.1 Å². The van der Waals surface area contributed by atoms with Crippen molar-refractivity contribution in [1.29, 1.82) is 0 Å². The minimum absolute atomic E-state index is 0.158. The third kappa shape index (κ3) is 6.28. The van der Waals surface area contributed by atoms with E-state index in [0.29, 0.717) is 60.5 Å². The largest absolute Gasteiger partial charge is 0.382 e. The third-order valence-electron chi connectivity index (χ3n) is 8.76. The van der Waals surface area contributed by atoms with Gasteiger partial charge in [-0.15, -0.1) is 0 Å². The van der Waals surface area contributed by atoms with E-state index < -0.39 is 6.03 Å². The van der Waals surface area contributed by atoms with Gasteiger partial charge in [0.2, 0.25) is 5.91 Å². The molecule has 44 heavy (non-hydrogen) atoms. The van der Waals surface area contributed by atoms with Crippen LogP contribution in [0.25, 0.3) is 11.3 Å². The molecule has 0 spiro atoms. The van der Waals surface area contributed by atoms with Crippen LogP contribution in [0.15, 0.2) is 42.6 Å². The molecule has 4 heterocycles. The Morgan fingerprint density at radius 1 is 1.02 bits per heavy atom. The Bertz CT molecular complexity index is 1570. The molecule has 0 aliphatic carbocycles. The molecule has 0 bridgehead atoms. The van der Waals surface area contributed by atoms with Gasteiger partial charge in [-0.25, -0.2) is 19.2 Å². The maximum Gasteiger partial charge on any atom is 0.328 e. The van der Waals surface area contributed by atoms with Crippen LogP contribution in [0.5, 0.6) is 0 Å². The van der Waals surface area contributed by atoms with Crippen molar-refractivity contribution >= 4 is 46.5 Å². The molecule has 0 saturated carbocycles. The van der Waals surface area contributed by atoms with Gasteiger partial charge in [0.25, 0.3) is 0 Å². The lowest BCUT2D eigenvalue weighted by molar-refractivity contribution is -0.120. The Kier molecular flexibility index (Phi) is 8.32. The van der Waals surface area contributed by atoms with E-state index in [9.17, 15) is 9.59 Å². The van der Waals surface area contributed by atoms with Crippen LogP contribution in [0.1, 0.15) is 31.7 Å². The maximum atomic E-state index is 15.0. The zero-order valence-corrected chi connectivity index (χ0v) is 25.5. The van der Waals surface area contributed by atoms with Gasteiger partial charge in [0.1, 0.15) is 17.3 Å². The number of hydrogen-bond acceptors (Lipinski definition) is 9. The molecular formula is C31H37ClFN9O2. The Morgan fingerprint density at radius 2 is 1.77 bits per heavy atom. The topological polar surface area (TPSA) is 137 Å². The number of carbonyl (C=O) groups excluding carboxylic acids is 2. The first kappa shape index (κ1) is 30.0. The number of nitrogens with one attached hydrogen (secondary N) is 1. The highest BCUT2D eigenvalue weighted by Gasteiger charge is 2.28. The van der Waals surface area contributed by atoms with E-state index in [2.05, 4.69) is 36.9 Å². The highest BCUT2D eigenvalue weighted by molar-refractivity contribution is 6.36. The fraction of sp³-hybridized carbons (Fsp3) is 0.419. The van der Waals surface area contributed by atoms with Crippen molar-refractivity contribution < 1.29 is 14.0 Å². The van der Waals surface area contributed by atoms with Gasteiger partial charge in [-0.3, -0.25) is 19.9 Å². The van der Waals surface area contributed by atoms with E-state index in [0.717, 1.165) is 43.0 Å². The molecule has 3 amide bonds. The first-order valence-electron chi connectivity index (χ1n) is 14.9. The van der Waals surface area contributed by atoms with Crippen molar-refractivity contribution in [3.05, 3.63) is 59.0 Å². The summed E-state index contributed by atoms with van der Waals surface area (Å²) < 4.78 is 15.0. The molecule has 1 aromatic heterocycles. The number of urea groups is 1. The van der Waals surface area contributed by atoms with Crippen molar-refractivity contribution in [3.63, 3.8) is 0 Å². The van der Waals surface area contributed by atoms with Crippen molar-refractivity contribution in [1.82, 2.24) is 20.2 Å². The highest BCUT2D eigenvalue weighted by atomic mass is 35.5. The second-order valence-electron chi connectivity index (χ2n) is 12.0. The number of nitrogen functional groups attached to an aromatic ring is 1. The summed E-state index contributed by atoms with van der Waals surface area (Å²) >= 11 is 6.95. The Hall–Kier alpha value is -4.00. The number of carbonyl (C=O) groups is 2. The van der Waals surface area contributed by atoms with Crippen molar-refractivity contribution in [2.24, 2.45) is 5.73 Å². The van der Waals surface area contributed by atoms with Gasteiger partial charge < -0.3 is 21.3 Å². The second kappa shape index (κ2) is 12.2. The molecule has 0 radical (unpaired) electrons. The average molecular weight is 622 g/mol. The Morgan fingerprint density at radius 3 is 2.45 bits per heavy atom. The first-order chi connectivity index (χ1) is 21.1. The van der Waals surface area contributed by atoms with Gasteiger partial charge in [0.15, 0.2) is 5.82 Å². The molecule has 232 valence electrons. The number of nitrogens with zero attached hydrogens (tertiary/aromatic N) is 6. The molecule has 2 aromatic carbocycles. The summed E-state index contributed by atoms with van der Waals surface area (Å²) in [5, 5.41) is 2.83. The average Bonchev–Trinajstić information content (AvgIpc) is 2.99. The summed E-state index contributed by atoms with van der Waals surface area (Å²) in [5.41, 5.74) is 15.7. The quantitative estimate of drug-likeness (QED) is 0.377. The number of halogens is 2. The van der Waals surface area contributed by atoms with Crippen LogP contribution in [0.2, 0.25) is 5.02 Å². The van der Waals surface area contributed by atoms with E-state index in [-0.39, 0.29) is 30.2 Å². The number of benzene rings is 2. The zero-order chi connectivity index (χ0) is 31.0. The molecule has 0 unspecified atom stereocenters. The number of amides is 3. The zero-order valence-electron chi connectivity index (χ0n) is 24.7. The smallest absolute Gasteiger partial charge is 0.328 e. The monoisotopic (exact) mass is 621 g/mol. The van der Waals surface area contributed by atoms with Gasteiger partial charge in [0.05, 0.1) is 16.9 Å². The number of hydrogen-bond donors (Lipinski definition) is 3. The van der Waals surface area contributed by atoms with E-state index in [1.807, 2.05) is 18.2 Å². The second-order valence-corrected chi connectivity index (χ2v) is 12.4. The summed E-state index contributed by atoms with van der Waals surface area (Å²) in [6.07, 6.45) is 3.69. The molecule has 3 aromatic rings. The summed E-state index contributed by atoms with van der Waals surface area (Å²) in [6, 6.07) is 10.1. The van der Waals surface area contributed by atoms with Crippen LogP contribution in [0, 0.1) is 5.82 Å². The molecule has 3 aliphatic heterocycles. The lowest BCUT2D eigenvalue weighted by atomic mass is 9.91. The van der Waals surface area contributed by atoms with Crippen LogP contribution < -0.4 is 31.5 Å². The van der Waals surface area contributed by atoms with Crippen LogP contribution in [0.4, 0.5) is 32.2 Å². The van der Waals surface area contributed by atoms with Gasteiger partial charge in [-0.2, -0.15) is 0 Å². The fourth-order valence-electron chi connectivity index (χ4n) is 5.98. The Balaban J connectivity index is 1.09. The Labute approximate surface area is 261 Å². The van der Waals surface area contributed by atoms with E-state index in [4.69, 9.17) is 23.1 Å². The third-order valence-corrected chi connectivity index (χ3v) is 9.16. The lowest BCUT2D eigenvalue weighted by Gasteiger charge is -2.37. The predicted octanol–water partition coefficient (Wildman–Crippen LogP) is 3.60. The first-order valence-corrected chi connectivity index (χ1v) is 15.3. The van der Waals surface area contributed by atoms with Crippen molar-refractivity contribution in [3.8, 4) is 11.3 Å². The molecule has 3 aliphatic rings. The number of nitrogens with two attached hydrogens (primary N) is 2. The van der Waals surface area contributed by atoms with Crippen LogP contribution in [-0.4, -0.2) is 78.2 Å². The summed E-state index contributed by atoms with van der Waals surface area (Å²) in [6.45, 7) is 7.21. The fourth-order valence-corrected chi connectivity index (χ4v) is 6.31. The number of piperidine rings is 1. The van der Waals surface area contributed by atoms with Gasteiger partial charge in [-0.05, 0) is 38.0 Å². The molecular weight excluding hydrogens is 585 g/mol. The minimum atomic E-state index is -0.531. The summed E-state index contributed by atoms with van der Waals surface area (Å²) in [4.78, 5) is 40.8. The molecule has 11 nitrogen and oxygen atoms in total. The number of piperazine rings is 1. The highest BCUT2D eigenvalue weighted by Crippen LogP contribution is 2.38. The predicted molar refractivity (Wildman–Crippen MR) is 170 cm³/mol. The van der Waals surface area contributed by atoms with Crippen LogP contribution >= 0.6 is 11.6 Å². The maximum absolute atomic E-state index is 15.0. The van der Waals surface area contributed by atoms with Crippen molar-refractivity contribution in [2.45, 2.75) is 38.3 Å². The van der Waals surface area contributed by atoms with E-state index in [1.165, 1.54) is 11.0 Å². The van der Waals surface area contributed by atoms with E-state index >= 15 is 4.39 Å². The molecule has 0 atom stereocenters. The number of rotatable bonds is 6. The number of anilines is 4. The molecule has 6 rings (SSSR count). The summed E-state index contributed by atoms with van der Waals surface area (Å²) in [5.74, 6) is 0.365. The standard InChI is InChI=1S/C31H37ClFN9O2/c1-31(35)8-11-41(12-9-31)25-18-36-28(29(34)37-25)22-3-2-4-24(27(22)32)40-15-13-39(14-16-40)19-20-5-6-21(17-23(20)33)42-10-7-26(43)38-30(42)44/h2-6,17-18H,7-16,19,35H2,1H3,(H2,34,37)(H,38,43,44). The van der Waals surface area contributed by atoms with Gasteiger partial charge in [-0.1, -0.05) is 29.8 Å². The number of aromatic nitrogens is 2. The minimum Gasteiger partial charge on any atom is -0.382 e. The summed E-state index contributed by atoms with van der Waals surface area (Å²) in [7, 11) is 0. The SMILES string of the molecule is CC1(N)CCN(c2cnc(-c3cccc(N4CCN(Cc5ccc(N6CCC(=O)NC6=O)cc5F)CC4)c3Cl)c(N)n2)CC1. The lowest BCUT2D eigenvalue weighted by Crippen LogP contribution is -2.49. The number of imide groups is 1. The van der Waals surface area contributed by atoms with Crippen LogP contribution in [-0.2, 0) is 11.3 Å². The van der Waals surface area contributed by atoms with Crippen molar-refractivity contribution in [2.75, 3.05) is 66.2 Å². The molecule has 13 heteroatoms. The molecule has 3 fully saturated rings. The molecule has 3 saturated heterocycles. The normalized spacial score (nSPS) is 19.3. The van der Waals surface area contributed by atoms with E-state index in [1.54, 1.807) is 18.3 Å².